The van der Waals surface area contributed by atoms with Crippen molar-refractivity contribution in [2.24, 2.45) is 4.99 Å². The van der Waals surface area contributed by atoms with E-state index in [0.29, 0.717) is 12.5 Å². The Bertz CT molecular complexity index is 856. The molecule has 0 aliphatic rings. The molecule has 2 aromatic rings. The number of sulfonamides is 1. The quantitative estimate of drug-likeness (QED) is 0.263. The van der Waals surface area contributed by atoms with Crippen molar-refractivity contribution in [3.8, 4) is 0 Å². The summed E-state index contributed by atoms with van der Waals surface area (Å²) in [5.41, 5.74) is 2.84. The van der Waals surface area contributed by atoms with Crippen LogP contribution in [0.2, 0.25) is 0 Å². The van der Waals surface area contributed by atoms with Gasteiger partial charge in [0, 0.05) is 44.5 Å². The minimum atomic E-state index is -3.31. The maximum Gasteiger partial charge on any atom is 0.216 e. The van der Waals surface area contributed by atoms with Crippen LogP contribution >= 0.6 is 24.0 Å². The third-order valence-corrected chi connectivity index (χ3v) is 5.42. The molecule has 3 N–H and O–H groups in total. The van der Waals surface area contributed by atoms with E-state index < -0.39 is 10.0 Å². The van der Waals surface area contributed by atoms with Gasteiger partial charge in [-0.1, -0.05) is 30.3 Å². The summed E-state index contributed by atoms with van der Waals surface area (Å²) in [4.78, 5) is 8.51. The highest BCUT2D eigenvalue weighted by molar-refractivity contribution is 14.0. The topological polar surface area (TPSA) is 95.5 Å². The first-order valence-corrected chi connectivity index (χ1v) is 11.0. The summed E-state index contributed by atoms with van der Waals surface area (Å²) in [5.74, 6) is 0.694. The molecular formula is C20H30IN5O2S. The molecule has 1 aromatic carbocycles. The number of rotatable bonds is 9. The molecule has 2 rings (SSSR count). The molecule has 0 saturated carbocycles. The number of pyridine rings is 1. The second kappa shape index (κ2) is 12.8. The first kappa shape index (κ1) is 25.3. The smallest absolute Gasteiger partial charge is 0.216 e. The molecule has 0 aliphatic heterocycles. The molecule has 0 spiro atoms. The van der Waals surface area contributed by atoms with Gasteiger partial charge in [-0.15, -0.1) is 24.0 Å². The van der Waals surface area contributed by atoms with Crippen LogP contribution in [-0.2, 0) is 28.7 Å². The molecule has 0 bridgehead atoms. The van der Waals surface area contributed by atoms with Gasteiger partial charge in [0.05, 0.1) is 5.75 Å². The van der Waals surface area contributed by atoms with E-state index in [1.54, 1.807) is 13.2 Å². The van der Waals surface area contributed by atoms with Crippen LogP contribution in [0.25, 0.3) is 0 Å². The highest BCUT2D eigenvalue weighted by Gasteiger charge is 2.12. The van der Waals surface area contributed by atoms with Crippen molar-refractivity contribution in [1.82, 2.24) is 20.3 Å². The number of nitrogens with one attached hydrogen (secondary N) is 3. The van der Waals surface area contributed by atoms with Crippen LogP contribution in [0.15, 0.2) is 53.7 Å². The van der Waals surface area contributed by atoms with Crippen LogP contribution in [0.5, 0.6) is 0 Å². The molecule has 0 fully saturated rings. The number of halogens is 1. The zero-order valence-electron chi connectivity index (χ0n) is 17.1. The predicted molar refractivity (Wildman–Crippen MR) is 129 cm³/mol. The van der Waals surface area contributed by atoms with E-state index in [-0.39, 0.29) is 35.8 Å². The number of aliphatic imine (C=N–C) groups is 1. The fraction of sp³-hybridized carbons (Fsp3) is 0.400. The monoisotopic (exact) mass is 531 g/mol. The van der Waals surface area contributed by atoms with Crippen LogP contribution in [0.3, 0.4) is 0 Å². The van der Waals surface area contributed by atoms with Crippen LogP contribution in [0.4, 0.5) is 0 Å². The summed E-state index contributed by atoms with van der Waals surface area (Å²) < 4.78 is 26.6. The normalized spacial score (nSPS) is 11.8. The molecular weight excluding hydrogens is 501 g/mol. The maximum atomic E-state index is 12.0. The number of nitrogens with zero attached hydrogens (tertiary/aromatic N) is 2. The molecule has 0 saturated heterocycles. The van der Waals surface area contributed by atoms with Crippen molar-refractivity contribution in [3.63, 3.8) is 0 Å². The minimum Gasteiger partial charge on any atom is -0.356 e. The van der Waals surface area contributed by atoms with Crippen LogP contribution in [0.1, 0.15) is 30.7 Å². The SMILES string of the molecule is CN=C(NCCc1ccccn1)NCc1ccc(CS(=O)(=O)NC(C)C)cc1.I. The molecule has 9 heteroatoms. The Labute approximate surface area is 190 Å². The molecule has 0 atom stereocenters. The molecule has 160 valence electrons. The summed E-state index contributed by atoms with van der Waals surface area (Å²) in [6.07, 6.45) is 2.60. The number of guanidine groups is 1. The molecule has 1 aromatic heterocycles. The van der Waals surface area contributed by atoms with Gasteiger partial charge in [-0.3, -0.25) is 9.98 Å². The lowest BCUT2D eigenvalue weighted by Crippen LogP contribution is -2.37. The second-order valence-corrected chi connectivity index (χ2v) is 8.53. The van der Waals surface area contributed by atoms with E-state index in [0.717, 1.165) is 29.8 Å². The number of benzene rings is 1. The van der Waals surface area contributed by atoms with Crippen molar-refractivity contribution in [3.05, 3.63) is 65.5 Å². The first-order chi connectivity index (χ1) is 13.4. The van der Waals surface area contributed by atoms with Gasteiger partial charge in [-0.2, -0.15) is 0 Å². The van der Waals surface area contributed by atoms with E-state index >= 15 is 0 Å². The van der Waals surface area contributed by atoms with Crippen molar-refractivity contribution >= 4 is 40.0 Å². The summed E-state index contributed by atoms with van der Waals surface area (Å²) in [6, 6.07) is 13.3. The minimum absolute atomic E-state index is 0. The Hall–Kier alpha value is -1.72. The molecule has 0 amide bonds. The highest BCUT2D eigenvalue weighted by atomic mass is 127. The van der Waals surface area contributed by atoms with Crippen molar-refractivity contribution in [2.75, 3.05) is 13.6 Å². The zero-order chi connectivity index (χ0) is 20.4. The van der Waals surface area contributed by atoms with Gasteiger partial charge in [-0.05, 0) is 37.1 Å². The van der Waals surface area contributed by atoms with Gasteiger partial charge in [0.25, 0.3) is 0 Å². The summed E-state index contributed by atoms with van der Waals surface area (Å²) >= 11 is 0. The van der Waals surface area contributed by atoms with Crippen molar-refractivity contribution in [2.45, 2.75) is 38.6 Å². The number of aromatic nitrogens is 1. The van der Waals surface area contributed by atoms with Crippen LogP contribution < -0.4 is 15.4 Å². The van der Waals surface area contributed by atoms with Crippen LogP contribution in [-0.4, -0.2) is 39.0 Å². The number of hydrogen-bond acceptors (Lipinski definition) is 4. The molecule has 0 radical (unpaired) electrons. The molecule has 1 heterocycles. The Morgan fingerprint density at radius 2 is 1.76 bits per heavy atom. The van der Waals surface area contributed by atoms with Crippen LogP contribution in [0, 0.1) is 0 Å². The van der Waals surface area contributed by atoms with Gasteiger partial charge >= 0.3 is 0 Å². The highest BCUT2D eigenvalue weighted by Crippen LogP contribution is 2.08. The fourth-order valence-electron chi connectivity index (χ4n) is 2.63. The Kier molecular flexibility index (Phi) is 11.1. The summed E-state index contributed by atoms with van der Waals surface area (Å²) in [5, 5.41) is 6.51. The van der Waals surface area contributed by atoms with Gasteiger partial charge in [0.15, 0.2) is 5.96 Å². The molecule has 7 nitrogen and oxygen atoms in total. The van der Waals surface area contributed by atoms with E-state index in [1.807, 2.05) is 56.3 Å². The van der Waals surface area contributed by atoms with E-state index in [2.05, 4.69) is 25.3 Å². The van der Waals surface area contributed by atoms with E-state index in [4.69, 9.17) is 0 Å². The maximum absolute atomic E-state index is 12.0. The lowest BCUT2D eigenvalue weighted by molar-refractivity contribution is 0.569. The second-order valence-electron chi connectivity index (χ2n) is 6.77. The average molecular weight is 531 g/mol. The lowest BCUT2D eigenvalue weighted by Gasteiger charge is -2.12. The summed E-state index contributed by atoms with van der Waals surface area (Å²) in [6.45, 7) is 4.95. The Morgan fingerprint density at radius 3 is 2.34 bits per heavy atom. The largest absolute Gasteiger partial charge is 0.356 e. The predicted octanol–water partition coefficient (Wildman–Crippen LogP) is 2.44. The Balaban J connectivity index is 0.00000420. The molecule has 29 heavy (non-hydrogen) atoms. The molecule has 0 unspecified atom stereocenters. The number of hydrogen-bond donors (Lipinski definition) is 3. The van der Waals surface area contributed by atoms with Gasteiger partial charge in [0.1, 0.15) is 0 Å². The van der Waals surface area contributed by atoms with Crippen molar-refractivity contribution < 1.29 is 8.42 Å². The van der Waals surface area contributed by atoms with Gasteiger partial charge in [0.2, 0.25) is 10.0 Å². The third-order valence-electron chi connectivity index (χ3n) is 3.88. The Morgan fingerprint density at radius 1 is 1.07 bits per heavy atom. The zero-order valence-corrected chi connectivity index (χ0v) is 20.2. The third kappa shape index (κ3) is 10.0. The van der Waals surface area contributed by atoms with E-state index in [9.17, 15) is 8.42 Å². The fourth-order valence-corrected chi connectivity index (χ4v) is 4.07. The van der Waals surface area contributed by atoms with Crippen molar-refractivity contribution in [1.29, 1.82) is 0 Å². The average Bonchev–Trinajstić information content (AvgIpc) is 2.65. The lowest BCUT2D eigenvalue weighted by atomic mass is 10.1. The van der Waals surface area contributed by atoms with E-state index in [1.165, 1.54) is 0 Å². The first-order valence-electron chi connectivity index (χ1n) is 9.30. The van der Waals surface area contributed by atoms with Gasteiger partial charge < -0.3 is 10.6 Å². The molecule has 0 aliphatic carbocycles. The standard InChI is InChI=1S/C20H29N5O2S.HI/c1-16(2)25-28(26,27)15-18-9-7-17(8-10-18)14-24-20(21-3)23-13-11-19-6-4-5-12-22-19;/h4-10,12,16,25H,11,13-15H2,1-3H3,(H2,21,23,24);1H. The summed E-state index contributed by atoms with van der Waals surface area (Å²) in [7, 11) is -1.58. The van der Waals surface area contributed by atoms with Gasteiger partial charge in [-0.25, -0.2) is 13.1 Å².